The molecule has 0 radical (unpaired) electrons. The Morgan fingerprint density at radius 3 is 2.48 bits per heavy atom. The molecule has 0 atom stereocenters. The highest BCUT2D eigenvalue weighted by atomic mass is 19.4. The molecule has 162 valence electrons. The van der Waals surface area contributed by atoms with Crippen molar-refractivity contribution < 1.29 is 18.1 Å². The van der Waals surface area contributed by atoms with E-state index >= 15 is 0 Å². The molecule has 0 unspecified atom stereocenters. The number of anilines is 1. The number of hydrogen-bond acceptors (Lipinski definition) is 5. The lowest BCUT2D eigenvalue weighted by Gasteiger charge is -2.24. The molecule has 0 N–H and O–H groups in total. The van der Waals surface area contributed by atoms with Crippen molar-refractivity contribution in [1.29, 1.82) is 0 Å². The maximum Gasteiger partial charge on any atom is 0.416 e. The molecule has 2 heterocycles. The number of pyridine rings is 1. The smallest absolute Gasteiger partial charge is 0.365 e. The Morgan fingerprint density at radius 2 is 1.77 bits per heavy atom. The van der Waals surface area contributed by atoms with E-state index in [4.69, 9.17) is 0 Å². The van der Waals surface area contributed by atoms with E-state index in [-0.39, 0.29) is 10.6 Å². The van der Waals surface area contributed by atoms with E-state index in [1.165, 1.54) is 12.1 Å². The Balaban J connectivity index is 1.50. The molecule has 1 aliphatic heterocycles. The number of rotatable bonds is 4. The molecule has 0 bridgehead atoms. The van der Waals surface area contributed by atoms with Crippen LogP contribution in [0.4, 0.5) is 24.5 Å². The molecule has 2 aromatic carbocycles. The highest BCUT2D eigenvalue weighted by molar-refractivity contribution is 5.94. The summed E-state index contributed by atoms with van der Waals surface area (Å²) in [5.74, 6) is 0. The Bertz CT molecular complexity index is 1090. The highest BCUT2D eigenvalue weighted by Gasteiger charge is 2.30. The number of fused-ring (bicyclic) bond motifs is 1. The molecule has 4 rings (SSSR count). The summed E-state index contributed by atoms with van der Waals surface area (Å²) in [6, 6.07) is 12.2. The van der Waals surface area contributed by atoms with Crippen LogP contribution in [0.1, 0.15) is 17.5 Å². The van der Waals surface area contributed by atoms with E-state index in [2.05, 4.69) is 9.88 Å². The molecule has 1 aromatic heterocycles. The lowest BCUT2D eigenvalue weighted by molar-refractivity contribution is -0.382. The van der Waals surface area contributed by atoms with Crippen molar-refractivity contribution >= 4 is 22.3 Å². The van der Waals surface area contributed by atoms with Gasteiger partial charge in [0.2, 0.25) is 0 Å². The Morgan fingerprint density at radius 1 is 1.00 bits per heavy atom. The highest BCUT2D eigenvalue weighted by Crippen LogP contribution is 2.35. The van der Waals surface area contributed by atoms with Crippen LogP contribution < -0.4 is 4.90 Å². The van der Waals surface area contributed by atoms with Crippen LogP contribution in [0.15, 0.2) is 54.7 Å². The fourth-order valence-electron chi connectivity index (χ4n) is 4.00. The number of benzene rings is 2. The third-order valence-corrected chi connectivity index (χ3v) is 5.53. The van der Waals surface area contributed by atoms with Gasteiger partial charge in [0, 0.05) is 38.9 Å². The molecular weight excluding hydrogens is 409 g/mol. The first kappa shape index (κ1) is 21.0. The van der Waals surface area contributed by atoms with Crippen molar-refractivity contribution in [2.45, 2.75) is 19.1 Å². The summed E-state index contributed by atoms with van der Waals surface area (Å²) in [4.78, 5) is 19.9. The molecule has 0 saturated carbocycles. The Labute approximate surface area is 177 Å². The minimum atomic E-state index is -4.34. The van der Waals surface area contributed by atoms with Gasteiger partial charge in [0.15, 0.2) is 0 Å². The minimum absolute atomic E-state index is 0.0572. The topological polar surface area (TPSA) is 62.5 Å². The summed E-state index contributed by atoms with van der Waals surface area (Å²) < 4.78 is 38.3. The van der Waals surface area contributed by atoms with Crippen LogP contribution in [0.2, 0.25) is 0 Å². The Kier molecular flexibility index (Phi) is 5.77. The predicted molar refractivity (Wildman–Crippen MR) is 112 cm³/mol. The van der Waals surface area contributed by atoms with Crippen molar-refractivity contribution in [3.8, 4) is 0 Å². The van der Waals surface area contributed by atoms with Crippen LogP contribution in [0.5, 0.6) is 0 Å². The van der Waals surface area contributed by atoms with Crippen molar-refractivity contribution in [2.24, 2.45) is 0 Å². The molecule has 0 amide bonds. The van der Waals surface area contributed by atoms with E-state index < -0.39 is 11.7 Å². The van der Waals surface area contributed by atoms with Gasteiger partial charge in [-0.3, -0.25) is 20.0 Å². The van der Waals surface area contributed by atoms with Crippen LogP contribution >= 0.6 is 0 Å². The van der Waals surface area contributed by atoms with Gasteiger partial charge in [-0.15, -0.1) is 0 Å². The van der Waals surface area contributed by atoms with Gasteiger partial charge in [-0.1, -0.05) is 12.1 Å². The van der Waals surface area contributed by atoms with Gasteiger partial charge in [-0.05, 0) is 48.4 Å². The molecule has 9 heteroatoms. The first-order chi connectivity index (χ1) is 14.8. The number of nitro benzene ring substituents is 1. The van der Waals surface area contributed by atoms with E-state index in [1.807, 2.05) is 4.90 Å². The number of hydrogen-bond donors (Lipinski definition) is 0. The van der Waals surface area contributed by atoms with E-state index in [1.54, 1.807) is 30.5 Å². The fraction of sp³-hybridized carbons (Fsp3) is 0.318. The van der Waals surface area contributed by atoms with Crippen molar-refractivity contribution in [3.63, 3.8) is 0 Å². The molecule has 1 fully saturated rings. The summed E-state index contributed by atoms with van der Waals surface area (Å²) in [5, 5.41) is 12.3. The van der Waals surface area contributed by atoms with Crippen LogP contribution in [0.3, 0.4) is 0 Å². The van der Waals surface area contributed by atoms with Crippen LogP contribution in [0.25, 0.3) is 10.9 Å². The second-order valence-electron chi connectivity index (χ2n) is 7.57. The van der Waals surface area contributed by atoms with Crippen LogP contribution in [-0.4, -0.2) is 41.0 Å². The lowest BCUT2D eigenvalue weighted by atomic mass is 10.1. The van der Waals surface area contributed by atoms with Crippen LogP contribution in [0, 0.1) is 10.1 Å². The van der Waals surface area contributed by atoms with Crippen LogP contribution in [-0.2, 0) is 12.7 Å². The standard InChI is InChI=1S/C22H21F3N4O2/c23-22(24,25)17-6-4-16(5-7-17)15-27-11-2-12-28(14-13-27)20-9-8-19-18(3-1-10-26-19)21(20)29(30)31/h1,3-10H,2,11-15H2. The van der Waals surface area contributed by atoms with Gasteiger partial charge in [-0.25, -0.2) is 0 Å². The molecule has 6 nitrogen and oxygen atoms in total. The second-order valence-corrected chi connectivity index (χ2v) is 7.57. The molecule has 1 saturated heterocycles. The van der Waals surface area contributed by atoms with Gasteiger partial charge in [0.05, 0.1) is 21.4 Å². The normalized spacial score (nSPS) is 15.8. The first-order valence-electron chi connectivity index (χ1n) is 9.98. The quantitative estimate of drug-likeness (QED) is 0.436. The van der Waals surface area contributed by atoms with Gasteiger partial charge in [0.1, 0.15) is 5.69 Å². The SMILES string of the molecule is O=[N+]([O-])c1c(N2CCCN(Cc3ccc(C(F)(F)F)cc3)CC2)ccc2ncccc12. The maximum absolute atomic E-state index is 12.8. The summed E-state index contributed by atoms with van der Waals surface area (Å²) in [6.07, 6.45) is -1.94. The van der Waals surface area contributed by atoms with Crippen molar-refractivity contribution in [3.05, 3.63) is 76.0 Å². The average molecular weight is 430 g/mol. The summed E-state index contributed by atoms with van der Waals surface area (Å²) in [5.41, 5.74) is 1.36. The van der Waals surface area contributed by atoms with Gasteiger partial charge in [-0.2, -0.15) is 13.2 Å². The second kappa shape index (κ2) is 8.50. The zero-order valence-electron chi connectivity index (χ0n) is 16.7. The van der Waals surface area contributed by atoms with Gasteiger partial charge in [0.25, 0.3) is 0 Å². The Hall–Kier alpha value is -3.20. The zero-order chi connectivity index (χ0) is 22.0. The van der Waals surface area contributed by atoms with E-state index in [9.17, 15) is 23.3 Å². The summed E-state index contributed by atoms with van der Waals surface area (Å²) in [7, 11) is 0. The third kappa shape index (κ3) is 4.61. The summed E-state index contributed by atoms with van der Waals surface area (Å²) in [6.45, 7) is 3.21. The lowest BCUT2D eigenvalue weighted by Crippen LogP contribution is -2.30. The fourth-order valence-corrected chi connectivity index (χ4v) is 4.00. The monoisotopic (exact) mass is 430 g/mol. The number of nitro groups is 1. The number of aromatic nitrogens is 1. The largest absolute Gasteiger partial charge is 0.416 e. The molecule has 1 aliphatic rings. The maximum atomic E-state index is 12.8. The van der Waals surface area contributed by atoms with Gasteiger partial charge >= 0.3 is 11.9 Å². The van der Waals surface area contributed by atoms with Crippen molar-refractivity contribution in [1.82, 2.24) is 9.88 Å². The molecule has 0 aliphatic carbocycles. The first-order valence-corrected chi connectivity index (χ1v) is 9.98. The molecular formula is C22H21F3N4O2. The van der Waals surface area contributed by atoms with Crippen molar-refractivity contribution in [2.75, 3.05) is 31.1 Å². The summed E-state index contributed by atoms with van der Waals surface area (Å²) >= 11 is 0. The third-order valence-electron chi connectivity index (χ3n) is 5.53. The molecule has 0 spiro atoms. The minimum Gasteiger partial charge on any atom is -0.365 e. The average Bonchev–Trinajstić information content (AvgIpc) is 2.98. The zero-order valence-corrected chi connectivity index (χ0v) is 16.7. The molecule has 3 aromatic rings. The van der Waals surface area contributed by atoms with E-state index in [0.29, 0.717) is 42.8 Å². The van der Waals surface area contributed by atoms with Gasteiger partial charge < -0.3 is 4.90 Å². The van der Waals surface area contributed by atoms with E-state index in [0.717, 1.165) is 30.7 Å². The molecule has 31 heavy (non-hydrogen) atoms. The number of halogens is 3. The predicted octanol–water partition coefficient (Wildman–Crippen LogP) is 4.87. The number of nitrogens with zero attached hydrogens (tertiary/aromatic N) is 4. The number of alkyl halides is 3.